The van der Waals surface area contributed by atoms with Gasteiger partial charge in [0.2, 0.25) is 0 Å². The third-order valence-corrected chi connectivity index (χ3v) is 15.5. The molecule has 0 aromatic carbocycles. The van der Waals surface area contributed by atoms with Crippen molar-refractivity contribution in [2.24, 2.45) is 0 Å². The number of hydrogen-bond acceptors (Lipinski definition) is 5. The molecule has 0 aliphatic carbocycles. The van der Waals surface area contributed by atoms with E-state index in [0.29, 0.717) is 12.8 Å². The maximum absolute atomic E-state index is 12.4. The number of aliphatic hydroxyl groups is 1. The Balaban J connectivity index is 3.42. The van der Waals surface area contributed by atoms with E-state index in [4.69, 9.17) is 9.47 Å². The maximum Gasteiger partial charge on any atom is 0.306 e. The van der Waals surface area contributed by atoms with Crippen molar-refractivity contribution in [1.29, 1.82) is 0 Å². The molecule has 0 heterocycles. The van der Waals surface area contributed by atoms with Crippen LogP contribution in [0.2, 0.25) is 0 Å². The van der Waals surface area contributed by atoms with E-state index < -0.39 is 6.10 Å². The number of aliphatic hydroxyl groups excluding tert-OH is 1. The van der Waals surface area contributed by atoms with Crippen LogP contribution >= 0.6 is 0 Å². The molecule has 0 spiro atoms. The Hall–Kier alpha value is -2.66. The second-order valence-corrected chi connectivity index (χ2v) is 23.2. The van der Waals surface area contributed by atoms with E-state index in [1.807, 2.05) is 0 Å². The number of esters is 2. The lowest BCUT2D eigenvalue weighted by molar-refractivity contribution is -0.161. The van der Waals surface area contributed by atoms with Crippen molar-refractivity contribution >= 4 is 11.9 Å². The predicted octanol–water partition coefficient (Wildman–Crippen LogP) is 23.9. The minimum atomic E-state index is -0.774. The molecule has 5 heteroatoms. The molecule has 1 atom stereocenters. The molecule has 0 amide bonds. The number of carbonyl (C=O) groups excluding carboxylic acids is 2. The fourth-order valence-corrected chi connectivity index (χ4v) is 10.3. The highest BCUT2D eigenvalue weighted by atomic mass is 16.6. The van der Waals surface area contributed by atoms with Crippen molar-refractivity contribution in [3.05, 3.63) is 72.9 Å². The first-order valence-electron chi connectivity index (χ1n) is 34.5. The van der Waals surface area contributed by atoms with E-state index in [-0.39, 0.29) is 25.2 Å². The zero-order valence-corrected chi connectivity index (χ0v) is 52.2. The van der Waals surface area contributed by atoms with Gasteiger partial charge < -0.3 is 14.6 Å². The molecular formula is C73H132O5. The van der Waals surface area contributed by atoms with Crippen LogP contribution in [0.15, 0.2) is 72.9 Å². The number of hydrogen-bond donors (Lipinski definition) is 1. The van der Waals surface area contributed by atoms with Crippen molar-refractivity contribution in [2.75, 3.05) is 13.2 Å². The van der Waals surface area contributed by atoms with Crippen molar-refractivity contribution in [3.63, 3.8) is 0 Å². The Morgan fingerprint density at radius 1 is 0.308 bits per heavy atom. The average Bonchev–Trinajstić information content (AvgIpc) is 3.44. The Labute approximate surface area is 486 Å². The van der Waals surface area contributed by atoms with Crippen LogP contribution < -0.4 is 0 Å². The van der Waals surface area contributed by atoms with E-state index in [9.17, 15) is 14.7 Å². The standard InChI is InChI=1S/C73H132O5/c1-3-5-7-9-11-13-15-17-19-21-23-25-27-29-31-33-35-36-38-39-41-43-45-47-49-51-53-55-57-59-61-63-65-67-72(75)77-70-71(69-74)78-73(76)68-66-64-62-60-58-56-54-52-50-48-46-44-42-40-37-34-32-30-28-26-24-22-20-18-16-14-12-10-8-6-4-2/h6,8,12,14,18,20-21,23-24,26,30,32,71,74H,3-5,7,9-11,13,15-17,19,22,25,27-29,31,33-70H2,1-2H3/b8-6-,14-12-,20-18-,23-21-,26-24-,32-30-. The summed E-state index contributed by atoms with van der Waals surface area (Å²) in [4.78, 5) is 24.6. The number of carbonyl (C=O) groups is 2. The first kappa shape index (κ1) is 75.3. The van der Waals surface area contributed by atoms with Gasteiger partial charge in [-0.05, 0) is 83.5 Å². The molecule has 1 N–H and O–H groups in total. The van der Waals surface area contributed by atoms with Crippen molar-refractivity contribution in [3.8, 4) is 0 Å². The fourth-order valence-electron chi connectivity index (χ4n) is 10.3. The molecule has 0 aromatic heterocycles. The first-order chi connectivity index (χ1) is 38.6. The zero-order valence-electron chi connectivity index (χ0n) is 52.2. The van der Waals surface area contributed by atoms with Gasteiger partial charge >= 0.3 is 11.9 Å². The van der Waals surface area contributed by atoms with Crippen LogP contribution in [0.4, 0.5) is 0 Å². The van der Waals surface area contributed by atoms with Crippen LogP contribution in [0, 0.1) is 0 Å². The van der Waals surface area contributed by atoms with Gasteiger partial charge in [-0.25, -0.2) is 0 Å². The summed E-state index contributed by atoms with van der Waals surface area (Å²) < 4.78 is 10.8. The topological polar surface area (TPSA) is 72.8 Å². The number of ether oxygens (including phenoxy) is 2. The van der Waals surface area contributed by atoms with E-state index >= 15 is 0 Å². The highest BCUT2D eigenvalue weighted by molar-refractivity contribution is 5.70. The first-order valence-corrected chi connectivity index (χ1v) is 34.5. The summed E-state index contributed by atoms with van der Waals surface area (Å²) in [7, 11) is 0. The summed E-state index contributed by atoms with van der Waals surface area (Å²) in [5.74, 6) is -0.574. The maximum atomic E-state index is 12.4. The van der Waals surface area contributed by atoms with Crippen LogP contribution in [0.25, 0.3) is 0 Å². The number of allylic oxidation sites excluding steroid dienone is 12. The summed E-state index contributed by atoms with van der Waals surface area (Å²) in [5, 5.41) is 9.70. The smallest absolute Gasteiger partial charge is 0.306 e. The molecule has 0 saturated carbocycles. The van der Waals surface area contributed by atoms with Gasteiger partial charge in [-0.1, -0.05) is 337 Å². The SMILES string of the molecule is CC/C=C\C/C=C\C/C=C\C/C=C\C/C=C\CCCCCCCCCCCCCCCCCC(=O)OC(CO)COC(=O)CCCCCCCCCCCCCCCCCCCCCCC/C=C\CCCCCCCCCC. The molecule has 0 radical (unpaired) electrons. The minimum absolute atomic E-state index is 0.0631. The lowest BCUT2D eigenvalue weighted by Gasteiger charge is -2.15. The summed E-state index contributed by atoms with van der Waals surface area (Å²) >= 11 is 0. The third-order valence-electron chi connectivity index (χ3n) is 15.5. The summed E-state index contributed by atoms with van der Waals surface area (Å²) in [5.41, 5.74) is 0. The largest absolute Gasteiger partial charge is 0.462 e. The van der Waals surface area contributed by atoms with E-state index in [1.165, 1.54) is 263 Å². The highest BCUT2D eigenvalue weighted by Crippen LogP contribution is 2.18. The van der Waals surface area contributed by atoms with Gasteiger partial charge in [0.25, 0.3) is 0 Å². The van der Waals surface area contributed by atoms with Gasteiger partial charge in [0, 0.05) is 12.8 Å². The Bertz CT molecular complexity index is 1370. The third kappa shape index (κ3) is 65.9. The second-order valence-electron chi connectivity index (χ2n) is 23.2. The van der Waals surface area contributed by atoms with Crippen molar-refractivity contribution in [1.82, 2.24) is 0 Å². The van der Waals surface area contributed by atoms with Crippen LogP contribution in [0.5, 0.6) is 0 Å². The molecule has 454 valence electrons. The molecule has 1 unspecified atom stereocenters. The van der Waals surface area contributed by atoms with Crippen LogP contribution in [0.1, 0.15) is 361 Å². The molecule has 0 aliphatic heterocycles. The monoisotopic (exact) mass is 1090 g/mol. The number of rotatable bonds is 64. The summed E-state index contributed by atoms with van der Waals surface area (Å²) in [6, 6.07) is 0. The molecule has 0 rings (SSSR count). The van der Waals surface area contributed by atoms with Crippen molar-refractivity contribution < 1.29 is 24.2 Å². The van der Waals surface area contributed by atoms with Gasteiger partial charge in [0.15, 0.2) is 6.10 Å². The second kappa shape index (κ2) is 68.6. The Morgan fingerprint density at radius 2 is 0.551 bits per heavy atom. The molecule has 0 aliphatic rings. The van der Waals surface area contributed by atoms with Crippen LogP contribution in [0.3, 0.4) is 0 Å². The van der Waals surface area contributed by atoms with E-state index in [1.54, 1.807) is 0 Å². The lowest BCUT2D eigenvalue weighted by atomic mass is 10.0. The van der Waals surface area contributed by atoms with E-state index in [2.05, 4.69) is 86.8 Å². The zero-order chi connectivity index (χ0) is 56.2. The normalized spacial score (nSPS) is 12.6. The quantitative estimate of drug-likeness (QED) is 0.0373. The summed E-state index contributed by atoms with van der Waals surface area (Å²) in [6.07, 6.45) is 95.1. The molecule has 5 nitrogen and oxygen atoms in total. The molecule has 0 saturated heterocycles. The average molecular weight is 1090 g/mol. The van der Waals surface area contributed by atoms with Crippen molar-refractivity contribution in [2.45, 2.75) is 367 Å². The Morgan fingerprint density at radius 3 is 0.846 bits per heavy atom. The van der Waals surface area contributed by atoms with Gasteiger partial charge in [-0.15, -0.1) is 0 Å². The highest BCUT2D eigenvalue weighted by Gasteiger charge is 2.16. The Kier molecular flexibility index (Phi) is 66.3. The number of unbranched alkanes of at least 4 members (excludes halogenated alkanes) is 44. The van der Waals surface area contributed by atoms with E-state index in [0.717, 1.165) is 70.6 Å². The van der Waals surface area contributed by atoms with Crippen LogP contribution in [-0.4, -0.2) is 36.4 Å². The molecule has 78 heavy (non-hydrogen) atoms. The van der Waals surface area contributed by atoms with Gasteiger partial charge in [0.1, 0.15) is 6.61 Å². The van der Waals surface area contributed by atoms with Gasteiger partial charge in [-0.2, -0.15) is 0 Å². The molecule has 0 aromatic rings. The molecular weight excluding hydrogens is 957 g/mol. The minimum Gasteiger partial charge on any atom is -0.462 e. The lowest BCUT2D eigenvalue weighted by Crippen LogP contribution is -2.28. The molecule has 0 bridgehead atoms. The molecule has 0 fully saturated rings. The summed E-state index contributed by atoms with van der Waals surface area (Å²) in [6.45, 7) is 4.07. The van der Waals surface area contributed by atoms with Gasteiger partial charge in [-0.3, -0.25) is 9.59 Å². The van der Waals surface area contributed by atoms with Crippen LogP contribution in [-0.2, 0) is 19.1 Å². The van der Waals surface area contributed by atoms with Gasteiger partial charge in [0.05, 0.1) is 6.61 Å². The predicted molar refractivity (Wildman–Crippen MR) is 343 cm³/mol. The fraction of sp³-hybridized carbons (Fsp3) is 0.808.